The van der Waals surface area contributed by atoms with Crippen molar-refractivity contribution in [1.29, 1.82) is 0 Å². The number of rotatable bonds is 8. The number of nitrogens with zero attached hydrogens (tertiary/aromatic N) is 1. The Morgan fingerprint density at radius 3 is 2.33 bits per heavy atom. The molecule has 0 aliphatic rings. The number of hydrazone groups is 1. The van der Waals surface area contributed by atoms with E-state index in [1.165, 1.54) is 18.3 Å². The Bertz CT molecular complexity index is 786. The predicted molar refractivity (Wildman–Crippen MR) is 93.1 cm³/mol. The van der Waals surface area contributed by atoms with Crippen LogP contribution in [-0.4, -0.2) is 27.8 Å². The first-order valence-corrected chi connectivity index (χ1v) is 9.04. The van der Waals surface area contributed by atoms with E-state index in [2.05, 4.69) is 9.93 Å². The van der Waals surface area contributed by atoms with Crippen molar-refractivity contribution >= 4 is 16.2 Å². The number of hydrogen-bond donors (Lipinski definition) is 1. The highest BCUT2D eigenvalue weighted by Gasteiger charge is 2.12. The number of benzene rings is 2. The van der Waals surface area contributed by atoms with Crippen LogP contribution in [0.4, 0.5) is 0 Å². The molecule has 0 radical (unpaired) electrons. The molecule has 0 fully saturated rings. The Morgan fingerprint density at radius 1 is 1.00 bits per heavy atom. The maximum atomic E-state index is 12.2. The van der Waals surface area contributed by atoms with E-state index >= 15 is 0 Å². The van der Waals surface area contributed by atoms with Crippen LogP contribution in [0.1, 0.15) is 19.4 Å². The molecule has 0 unspecified atom stereocenters. The fourth-order valence-corrected chi connectivity index (χ4v) is 2.75. The Kier molecular flexibility index (Phi) is 6.20. The minimum Gasteiger partial charge on any atom is -0.494 e. The molecule has 0 atom stereocenters. The van der Waals surface area contributed by atoms with Crippen molar-refractivity contribution in [3.8, 4) is 11.5 Å². The van der Waals surface area contributed by atoms with E-state index in [1.54, 1.807) is 24.3 Å². The van der Waals surface area contributed by atoms with Gasteiger partial charge in [0.15, 0.2) is 0 Å². The first-order chi connectivity index (χ1) is 11.5. The molecule has 0 saturated heterocycles. The third-order valence-electron chi connectivity index (χ3n) is 3.00. The molecule has 1 N–H and O–H groups in total. The first-order valence-electron chi connectivity index (χ1n) is 7.55. The number of ether oxygens (including phenoxy) is 2. The molecule has 24 heavy (non-hydrogen) atoms. The Hall–Kier alpha value is -2.54. The van der Waals surface area contributed by atoms with Gasteiger partial charge in [0.2, 0.25) is 0 Å². The van der Waals surface area contributed by atoms with Crippen LogP contribution in [-0.2, 0) is 10.0 Å². The van der Waals surface area contributed by atoms with Gasteiger partial charge in [-0.15, -0.1) is 0 Å². The molecule has 128 valence electrons. The van der Waals surface area contributed by atoms with Crippen molar-refractivity contribution in [2.45, 2.75) is 18.7 Å². The summed E-state index contributed by atoms with van der Waals surface area (Å²) in [5.41, 5.74) is 0.732. The lowest BCUT2D eigenvalue weighted by molar-refractivity contribution is 0.340. The molecular formula is C17H20N2O4S. The van der Waals surface area contributed by atoms with Gasteiger partial charge in [-0.05, 0) is 55.8 Å². The Labute approximate surface area is 142 Å². The highest BCUT2D eigenvalue weighted by molar-refractivity contribution is 7.89. The summed E-state index contributed by atoms with van der Waals surface area (Å²) in [6.07, 6.45) is 1.43. The second-order valence-electron chi connectivity index (χ2n) is 4.76. The van der Waals surface area contributed by atoms with E-state index in [9.17, 15) is 8.42 Å². The molecule has 0 aromatic heterocycles. The molecule has 0 aliphatic carbocycles. The monoisotopic (exact) mass is 348 g/mol. The summed E-state index contributed by atoms with van der Waals surface area (Å²) < 4.78 is 35.0. The molecule has 0 spiro atoms. The summed E-state index contributed by atoms with van der Waals surface area (Å²) in [7, 11) is -3.72. The molecule has 2 aromatic carbocycles. The lowest BCUT2D eigenvalue weighted by Crippen LogP contribution is -2.18. The van der Waals surface area contributed by atoms with Crippen LogP contribution < -0.4 is 14.3 Å². The highest BCUT2D eigenvalue weighted by Crippen LogP contribution is 2.16. The quantitative estimate of drug-likeness (QED) is 0.588. The fourth-order valence-electron chi connectivity index (χ4n) is 1.96. The van der Waals surface area contributed by atoms with Crippen LogP contribution in [0.25, 0.3) is 0 Å². The standard InChI is InChI=1S/C17H20N2O4S/c1-3-22-15-8-10-17(11-9-15)24(20,21)19-18-13-14-6-5-7-16(12-14)23-4-2/h5-13,19H,3-4H2,1-2H3/b18-13+. The van der Waals surface area contributed by atoms with Gasteiger partial charge < -0.3 is 9.47 Å². The highest BCUT2D eigenvalue weighted by atomic mass is 32.2. The summed E-state index contributed by atoms with van der Waals surface area (Å²) in [5, 5.41) is 3.80. The van der Waals surface area contributed by atoms with Gasteiger partial charge >= 0.3 is 0 Å². The van der Waals surface area contributed by atoms with Gasteiger partial charge in [0, 0.05) is 0 Å². The molecule has 6 nitrogen and oxygen atoms in total. The molecule has 0 amide bonds. The van der Waals surface area contributed by atoms with Crippen LogP contribution in [0.5, 0.6) is 11.5 Å². The summed E-state index contributed by atoms with van der Waals surface area (Å²) in [5.74, 6) is 1.32. The number of hydrogen-bond acceptors (Lipinski definition) is 5. The molecule has 0 bridgehead atoms. The maximum absolute atomic E-state index is 12.2. The normalized spacial score (nSPS) is 11.4. The molecule has 0 aliphatic heterocycles. The molecule has 0 saturated carbocycles. The number of nitrogens with one attached hydrogen (secondary N) is 1. The van der Waals surface area contributed by atoms with E-state index in [1.807, 2.05) is 26.0 Å². The predicted octanol–water partition coefficient (Wildman–Crippen LogP) is 2.80. The second kappa shape index (κ2) is 8.35. The van der Waals surface area contributed by atoms with Gasteiger partial charge in [0.1, 0.15) is 11.5 Å². The molecule has 2 aromatic rings. The SMILES string of the molecule is CCOc1ccc(S(=O)(=O)N/N=C/c2cccc(OCC)c2)cc1. The molecule has 7 heteroatoms. The number of sulfonamides is 1. The summed E-state index contributed by atoms with van der Waals surface area (Å²) in [4.78, 5) is 2.30. The summed E-state index contributed by atoms with van der Waals surface area (Å²) in [6, 6.07) is 13.4. The summed E-state index contributed by atoms with van der Waals surface area (Å²) >= 11 is 0. The third-order valence-corrected chi connectivity index (χ3v) is 4.24. The minimum atomic E-state index is -3.72. The van der Waals surface area contributed by atoms with E-state index in [0.29, 0.717) is 24.7 Å². The van der Waals surface area contributed by atoms with Gasteiger partial charge in [-0.3, -0.25) is 0 Å². The zero-order valence-electron chi connectivity index (χ0n) is 13.6. The molecule has 2 rings (SSSR count). The average Bonchev–Trinajstić information content (AvgIpc) is 2.56. The third kappa shape index (κ3) is 4.99. The van der Waals surface area contributed by atoms with E-state index < -0.39 is 10.0 Å². The summed E-state index contributed by atoms with van der Waals surface area (Å²) in [6.45, 7) is 4.84. The van der Waals surface area contributed by atoms with Gasteiger partial charge in [0.05, 0.1) is 24.3 Å². The van der Waals surface area contributed by atoms with Crippen molar-refractivity contribution in [2.75, 3.05) is 13.2 Å². The van der Waals surface area contributed by atoms with Crippen LogP contribution in [0.15, 0.2) is 58.5 Å². The van der Waals surface area contributed by atoms with Gasteiger partial charge in [-0.25, -0.2) is 4.83 Å². The maximum Gasteiger partial charge on any atom is 0.276 e. The smallest absolute Gasteiger partial charge is 0.276 e. The lowest BCUT2D eigenvalue weighted by Gasteiger charge is -2.06. The van der Waals surface area contributed by atoms with Crippen LogP contribution >= 0.6 is 0 Å². The van der Waals surface area contributed by atoms with Gasteiger partial charge in [0.25, 0.3) is 10.0 Å². The van der Waals surface area contributed by atoms with Crippen molar-refractivity contribution in [1.82, 2.24) is 4.83 Å². The van der Waals surface area contributed by atoms with Crippen molar-refractivity contribution < 1.29 is 17.9 Å². The van der Waals surface area contributed by atoms with Gasteiger partial charge in [-0.2, -0.15) is 13.5 Å². The van der Waals surface area contributed by atoms with E-state index in [0.717, 1.165) is 5.56 Å². The van der Waals surface area contributed by atoms with Crippen molar-refractivity contribution in [3.05, 3.63) is 54.1 Å². The first kappa shape index (κ1) is 17.8. The largest absolute Gasteiger partial charge is 0.494 e. The second-order valence-corrected chi connectivity index (χ2v) is 6.42. The topological polar surface area (TPSA) is 77.0 Å². The minimum absolute atomic E-state index is 0.117. The van der Waals surface area contributed by atoms with Crippen molar-refractivity contribution in [2.24, 2.45) is 5.10 Å². The Morgan fingerprint density at radius 2 is 1.67 bits per heavy atom. The van der Waals surface area contributed by atoms with Crippen LogP contribution in [0, 0.1) is 0 Å². The zero-order valence-corrected chi connectivity index (χ0v) is 14.4. The Balaban J connectivity index is 2.05. The average molecular weight is 348 g/mol. The van der Waals surface area contributed by atoms with E-state index in [-0.39, 0.29) is 4.90 Å². The van der Waals surface area contributed by atoms with E-state index in [4.69, 9.17) is 9.47 Å². The van der Waals surface area contributed by atoms with Crippen molar-refractivity contribution in [3.63, 3.8) is 0 Å². The van der Waals surface area contributed by atoms with Gasteiger partial charge in [-0.1, -0.05) is 12.1 Å². The molecular weight excluding hydrogens is 328 g/mol. The molecule has 0 heterocycles. The van der Waals surface area contributed by atoms with Crippen LogP contribution in [0.3, 0.4) is 0 Å². The fraction of sp³-hybridized carbons (Fsp3) is 0.235. The zero-order chi connectivity index (χ0) is 17.4. The van der Waals surface area contributed by atoms with Crippen LogP contribution in [0.2, 0.25) is 0 Å². The lowest BCUT2D eigenvalue weighted by atomic mass is 10.2.